The van der Waals surface area contributed by atoms with Gasteiger partial charge in [0.15, 0.2) is 0 Å². The summed E-state index contributed by atoms with van der Waals surface area (Å²) in [7, 11) is 0. The lowest BCUT2D eigenvalue weighted by Gasteiger charge is -2.49. The molecule has 0 spiro atoms. The normalized spacial score (nSPS) is 29.9. The lowest BCUT2D eigenvalue weighted by atomic mass is 9.59. The van der Waals surface area contributed by atoms with Gasteiger partial charge in [-0.3, -0.25) is 0 Å². The summed E-state index contributed by atoms with van der Waals surface area (Å²) < 4.78 is 0. The van der Waals surface area contributed by atoms with Gasteiger partial charge in [-0.2, -0.15) is 0 Å². The minimum absolute atomic E-state index is 0.176. The molecule has 2 nitrogen and oxygen atoms in total. The van der Waals surface area contributed by atoms with E-state index in [0.717, 1.165) is 29.9 Å². The molecule has 0 heterocycles. The van der Waals surface area contributed by atoms with Crippen LogP contribution in [0.15, 0.2) is 24.3 Å². The molecule has 1 atom stereocenters. The summed E-state index contributed by atoms with van der Waals surface area (Å²) in [6, 6.07) is 8.17. The molecule has 20 heavy (non-hydrogen) atoms. The molecule has 0 aromatic heterocycles. The fourth-order valence-electron chi connectivity index (χ4n) is 3.93. The number of aliphatic hydroxyl groups is 1. The first kappa shape index (κ1) is 15.5. The number of rotatable bonds is 4. The van der Waals surface area contributed by atoms with Crippen LogP contribution in [0.4, 0.5) is 0 Å². The molecule has 1 aromatic rings. The van der Waals surface area contributed by atoms with Gasteiger partial charge in [-0.05, 0) is 56.6 Å². The molecule has 0 aliphatic heterocycles. The second-order valence-electron chi connectivity index (χ2n) is 6.72. The van der Waals surface area contributed by atoms with Crippen LogP contribution in [0, 0.1) is 18.3 Å². The molecular weight excluding hydrogens is 246 g/mol. The smallest absolute Gasteiger partial charge is 0.0939 e. The van der Waals surface area contributed by atoms with Crippen molar-refractivity contribution >= 4 is 0 Å². The largest absolute Gasteiger partial charge is 0.385 e. The molecule has 1 aromatic carbocycles. The molecule has 1 aliphatic carbocycles. The molecule has 1 saturated carbocycles. The molecule has 2 rings (SSSR count). The average Bonchev–Trinajstić information content (AvgIpc) is 2.47. The van der Waals surface area contributed by atoms with Crippen LogP contribution in [0.2, 0.25) is 0 Å². The van der Waals surface area contributed by atoms with Crippen molar-refractivity contribution in [2.24, 2.45) is 17.1 Å². The summed E-state index contributed by atoms with van der Waals surface area (Å²) in [5, 5.41) is 11.3. The zero-order valence-electron chi connectivity index (χ0n) is 13.2. The molecule has 1 unspecified atom stereocenters. The van der Waals surface area contributed by atoms with E-state index >= 15 is 0 Å². The van der Waals surface area contributed by atoms with E-state index < -0.39 is 5.60 Å². The molecule has 0 radical (unpaired) electrons. The van der Waals surface area contributed by atoms with Crippen LogP contribution in [0.3, 0.4) is 0 Å². The summed E-state index contributed by atoms with van der Waals surface area (Å²) in [4.78, 5) is 0. The van der Waals surface area contributed by atoms with Gasteiger partial charge in [0, 0.05) is 12.0 Å². The van der Waals surface area contributed by atoms with E-state index in [0.29, 0.717) is 6.54 Å². The Balaban J connectivity index is 2.33. The molecular formula is C18H29NO. The van der Waals surface area contributed by atoms with Gasteiger partial charge >= 0.3 is 0 Å². The molecule has 2 heteroatoms. The minimum atomic E-state index is -0.841. The monoisotopic (exact) mass is 275 g/mol. The fourth-order valence-corrected chi connectivity index (χ4v) is 3.93. The highest BCUT2D eigenvalue weighted by Crippen LogP contribution is 2.51. The maximum Gasteiger partial charge on any atom is 0.0939 e. The van der Waals surface area contributed by atoms with Crippen molar-refractivity contribution in [1.29, 1.82) is 0 Å². The first-order chi connectivity index (χ1) is 9.47. The second-order valence-corrected chi connectivity index (χ2v) is 6.72. The maximum atomic E-state index is 11.3. The van der Waals surface area contributed by atoms with Gasteiger partial charge in [-0.25, -0.2) is 0 Å². The predicted octanol–water partition coefficient (Wildman–Crippen LogP) is 3.75. The van der Waals surface area contributed by atoms with Crippen molar-refractivity contribution in [2.75, 3.05) is 6.54 Å². The molecule has 1 aliphatic rings. The molecule has 0 saturated heterocycles. The zero-order valence-corrected chi connectivity index (χ0v) is 13.2. The molecule has 1 fully saturated rings. The van der Waals surface area contributed by atoms with Gasteiger partial charge in [0.05, 0.1) is 5.60 Å². The van der Waals surface area contributed by atoms with Gasteiger partial charge < -0.3 is 10.8 Å². The highest BCUT2D eigenvalue weighted by Gasteiger charge is 2.49. The third-order valence-corrected chi connectivity index (χ3v) is 5.73. The Morgan fingerprint density at radius 1 is 1.30 bits per heavy atom. The Bertz CT molecular complexity index is 444. The predicted molar refractivity (Wildman–Crippen MR) is 84.5 cm³/mol. The van der Waals surface area contributed by atoms with E-state index in [1.165, 1.54) is 19.3 Å². The zero-order chi connectivity index (χ0) is 14.8. The van der Waals surface area contributed by atoms with Crippen molar-refractivity contribution in [2.45, 2.75) is 58.5 Å². The van der Waals surface area contributed by atoms with Crippen LogP contribution in [-0.4, -0.2) is 11.7 Å². The van der Waals surface area contributed by atoms with Gasteiger partial charge in [-0.1, -0.05) is 37.6 Å². The topological polar surface area (TPSA) is 46.2 Å². The van der Waals surface area contributed by atoms with Crippen molar-refractivity contribution in [3.8, 4) is 0 Å². The Kier molecular flexibility index (Phi) is 4.55. The first-order valence-corrected chi connectivity index (χ1v) is 7.95. The lowest BCUT2D eigenvalue weighted by molar-refractivity contribution is -0.0985. The fraction of sp³-hybridized carbons (Fsp3) is 0.667. The Labute approximate surface area is 123 Å². The summed E-state index contributed by atoms with van der Waals surface area (Å²) >= 11 is 0. The van der Waals surface area contributed by atoms with Gasteiger partial charge in [0.1, 0.15) is 0 Å². The van der Waals surface area contributed by atoms with E-state index in [-0.39, 0.29) is 5.41 Å². The Hall–Kier alpha value is -0.860. The Morgan fingerprint density at radius 3 is 2.40 bits per heavy atom. The summed E-state index contributed by atoms with van der Waals surface area (Å²) in [5.74, 6) is 0.808. The van der Waals surface area contributed by atoms with Crippen molar-refractivity contribution in [1.82, 2.24) is 0 Å². The van der Waals surface area contributed by atoms with Gasteiger partial charge in [0.25, 0.3) is 0 Å². The standard InChI is InChI=1S/C18H29NO/c1-4-15-9-11-18(13-19,12-10-15)17(3,20)16-8-6-5-7-14(16)2/h5-8,15,20H,4,9-13,19H2,1-3H3. The van der Waals surface area contributed by atoms with Crippen molar-refractivity contribution in [3.05, 3.63) is 35.4 Å². The van der Waals surface area contributed by atoms with Crippen LogP contribution < -0.4 is 5.73 Å². The number of aryl methyl sites for hydroxylation is 1. The van der Waals surface area contributed by atoms with Crippen LogP contribution in [0.25, 0.3) is 0 Å². The number of nitrogens with two attached hydrogens (primary N) is 1. The third-order valence-electron chi connectivity index (χ3n) is 5.73. The highest BCUT2D eigenvalue weighted by atomic mass is 16.3. The Morgan fingerprint density at radius 2 is 1.90 bits per heavy atom. The summed E-state index contributed by atoms with van der Waals surface area (Å²) in [6.45, 7) is 6.87. The van der Waals surface area contributed by atoms with Crippen molar-refractivity contribution in [3.63, 3.8) is 0 Å². The molecule has 0 bridgehead atoms. The second kappa shape index (κ2) is 5.87. The van der Waals surface area contributed by atoms with Crippen LogP contribution >= 0.6 is 0 Å². The van der Waals surface area contributed by atoms with E-state index in [9.17, 15) is 5.11 Å². The van der Waals surface area contributed by atoms with E-state index in [2.05, 4.69) is 26.0 Å². The minimum Gasteiger partial charge on any atom is -0.385 e. The van der Waals surface area contributed by atoms with Gasteiger partial charge in [0.2, 0.25) is 0 Å². The van der Waals surface area contributed by atoms with Crippen LogP contribution in [0.1, 0.15) is 57.1 Å². The van der Waals surface area contributed by atoms with Crippen molar-refractivity contribution < 1.29 is 5.11 Å². The molecule has 0 amide bonds. The maximum absolute atomic E-state index is 11.3. The number of hydrogen-bond acceptors (Lipinski definition) is 2. The lowest BCUT2D eigenvalue weighted by Crippen LogP contribution is -2.51. The van der Waals surface area contributed by atoms with Crippen LogP contribution in [-0.2, 0) is 5.60 Å². The number of hydrogen-bond donors (Lipinski definition) is 2. The summed E-state index contributed by atoms with van der Waals surface area (Å²) in [6.07, 6.45) is 5.69. The first-order valence-electron chi connectivity index (χ1n) is 7.95. The SMILES string of the molecule is CCC1CCC(CN)(C(C)(O)c2ccccc2C)CC1. The average molecular weight is 275 g/mol. The van der Waals surface area contributed by atoms with E-state index in [4.69, 9.17) is 5.73 Å². The number of benzene rings is 1. The van der Waals surface area contributed by atoms with E-state index in [1.54, 1.807) is 0 Å². The molecule has 112 valence electrons. The quantitative estimate of drug-likeness (QED) is 0.879. The third kappa shape index (κ3) is 2.51. The van der Waals surface area contributed by atoms with E-state index in [1.807, 2.05) is 19.1 Å². The highest BCUT2D eigenvalue weighted by molar-refractivity contribution is 5.33. The summed E-state index contributed by atoms with van der Waals surface area (Å²) in [5.41, 5.74) is 7.32. The molecule has 3 N–H and O–H groups in total. The van der Waals surface area contributed by atoms with Gasteiger partial charge in [-0.15, -0.1) is 0 Å². The van der Waals surface area contributed by atoms with Crippen LogP contribution in [0.5, 0.6) is 0 Å².